The summed E-state index contributed by atoms with van der Waals surface area (Å²) in [4.78, 5) is 10.6. The lowest BCUT2D eigenvalue weighted by atomic mass is 10.00. The highest BCUT2D eigenvalue weighted by Gasteiger charge is 2.42. The van der Waals surface area contributed by atoms with E-state index in [0.29, 0.717) is 30.8 Å². The van der Waals surface area contributed by atoms with Crippen LogP contribution in [0.2, 0.25) is 0 Å². The molecular formula is C25H31N3O2S2. The first kappa shape index (κ1) is 23.2. The highest BCUT2D eigenvalue weighted by Crippen LogP contribution is 2.37. The van der Waals surface area contributed by atoms with Gasteiger partial charge in [0.25, 0.3) is 0 Å². The first-order chi connectivity index (χ1) is 15.3. The van der Waals surface area contributed by atoms with E-state index in [0.717, 1.165) is 46.0 Å². The number of hydrogen-bond acceptors (Lipinski definition) is 5. The summed E-state index contributed by atoms with van der Waals surface area (Å²) in [6.07, 6.45) is 3.49. The van der Waals surface area contributed by atoms with Gasteiger partial charge in [0.05, 0.1) is 10.6 Å². The van der Waals surface area contributed by atoms with Crippen LogP contribution in [0.15, 0.2) is 63.4 Å². The van der Waals surface area contributed by atoms with Crippen molar-refractivity contribution in [2.24, 2.45) is 9.98 Å². The molecule has 7 heteroatoms. The standard InChI is InChI=1S/C25H31N3O2S2/c1-4-5-17-31-24-23(21-9-7-6-8-10-21)26-25(27-24)13-15-28(16-14-25)32(29,30)22-12-11-19(2)18-20(22)3/h6-12,18H,4-5,13-17H2,1-3H3. The molecule has 2 aliphatic heterocycles. The van der Waals surface area contributed by atoms with Gasteiger partial charge < -0.3 is 0 Å². The number of hydrogen-bond donors (Lipinski definition) is 0. The fourth-order valence-corrected chi connectivity index (χ4v) is 7.07. The minimum Gasteiger partial charge on any atom is -0.252 e. The molecular weight excluding hydrogens is 438 g/mol. The number of thioether (sulfide) groups is 1. The zero-order valence-electron chi connectivity index (χ0n) is 19.0. The Bertz CT molecular complexity index is 1130. The molecule has 4 rings (SSSR count). The molecule has 5 nitrogen and oxygen atoms in total. The number of nitrogens with zero attached hydrogens (tertiary/aromatic N) is 3. The van der Waals surface area contributed by atoms with Crippen molar-refractivity contribution in [2.75, 3.05) is 18.8 Å². The molecule has 2 aromatic rings. The molecule has 32 heavy (non-hydrogen) atoms. The van der Waals surface area contributed by atoms with Crippen LogP contribution >= 0.6 is 11.8 Å². The number of benzene rings is 2. The van der Waals surface area contributed by atoms with Crippen molar-refractivity contribution in [2.45, 2.75) is 57.0 Å². The lowest BCUT2D eigenvalue weighted by Gasteiger charge is -2.34. The molecule has 2 aliphatic rings. The second-order valence-electron chi connectivity index (χ2n) is 8.60. The van der Waals surface area contributed by atoms with E-state index < -0.39 is 15.7 Å². The van der Waals surface area contributed by atoms with Gasteiger partial charge in [0, 0.05) is 31.5 Å². The third-order valence-corrected chi connectivity index (χ3v) is 9.20. The Morgan fingerprint density at radius 1 is 1.03 bits per heavy atom. The summed E-state index contributed by atoms with van der Waals surface area (Å²) in [5, 5.41) is 0.996. The normalized spacial score (nSPS) is 18.6. The molecule has 1 spiro atoms. The lowest BCUT2D eigenvalue weighted by molar-refractivity contribution is 0.249. The Hall–Kier alpha value is -1.96. The van der Waals surface area contributed by atoms with E-state index in [4.69, 9.17) is 9.98 Å². The Morgan fingerprint density at radius 2 is 1.75 bits per heavy atom. The number of aliphatic imine (C=N–C) groups is 2. The van der Waals surface area contributed by atoms with Crippen molar-refractivity contribution in [1.29, 1.82) is 0 Å². The van der Waals surface area contributed by atoms with Crippen molar-refractivity contribution in [3.05, 3.63) is 65.2 Å². The van der Waals surface area contributed by atoms with Crippen molar-refractivity contribution in [3.8, 4) is 0 Å². The van der Waals surface area contributed by atoms with Gasteiger partial charge in [-0.1, -0.05) is 61.4 Å². The Kier molecular flexibility index (Phi) is 6.89. The van der Waals surface area contributed by atoms with Crippen molar-refractivity contribution in [3.63, 3.8) is 0 Å². The third kappa shape index (κ3) is 4.70. The van der Waals surface area contributed by atoms with E-state index in [9.17, 15) is 8.42 Å². The Balaban J connectivity index is 1.56. The molecule has 2 aromatic carbocycles. The van der Waals surface area contributed by atoms with Gasteiger partial charge in [-0.15, -0.1) is 11.8 Å². The summed E-state index contributed by atoms with van der Waals surface area (Å²) in [6, 6.07) is 15.7. The van der Waals surface area contributed by atoms with Crippen LogP contribution < -0.4 is 0 Å². The zero-order chi connectivity index (χ0) is 22.8. The maximum Gasteiger partial charge on any atom is 0.243 e. The monoisotopic (exact) mass is 469 g/mol. The number of piperidine rings is 1. The zero-order valence-corrected chi connectivity index (χ0v) is 20.7. The molecule has 0 saturated carbocycles. The topological polar surface area (TPSA) is 62.1 Å². The minimum atomic E-state index is -3.52. The average molecular weight is 470 g/mol. The molecule has 1 saturated heterocycles. The molecule has 170 valence electrons. The SMILES string of the molecule is CCCCSC1=NC2(CCN(S(=O)(=O)c3ccc(C)cc3C)CC2)N=C1c1ccccc1. The summed E-state index contributed by atoms with van der Waals surface area (Å²) in [6.45, 7) is 6.89. The quantitative estimate of drug-likeness (QED) is 0.545. The van der Waals surface area contributed by atoms with Crippen LogP contribution in [0, 0.1) is 13.8 Å². The van der Waals surface area contributed by atoms with E-state index in [1.807, 2.05) is 44.2 Å². The molecule has 0 radical (unpaired) electrons. The molecule has 0 aromatic heterocycles. The molecule has 0 amide bonds. The van der Waals surface area contributed by atoms with Crippen LogP contribution in [0.4, 0.5) is 0 Å². The fourth-order valence-electron chi connectivity index (χ4n) is 4.26. The summed E-state index contributed by atoms with van der Waals surface area (Å²) in [5.41, 5.74) is 3.35. The molecule has 0 atom stereocenters. The summed E-state index contributed by atoms with van der Waals surface area (Å²) in [5.74, 6) is 1.02. The second-order valence-corrected chi connectivity index (χ2v) is 11.6. The van der Waals surface area contributed by atoms with Crippen LogP contribution in [0.1, 0.15) is 49.3 Å². The van der Waals surface area contributed by atoms with Gasteiger partial charge in [-0.05, 0) is 37.7 Å². The van der Waals surface area contributed by atoms with E-state index in [2.05, 4.69) is 19.1 Å². The highest BCUT2D eigenvalue weighted by atomic mass is 32.2. The van der Waals surface area contributed by atoms with Gasteiger partial charge in [-0.2, -0.15) is 4.31 Å². The van der Waals surface area contributed by atoms with Crippen LogP contribution in [-0.4, -0.2) is 48.0 Å². The first-order valence-electron chi connectivity index (χ1n) is 11.3. The fraction of sp³-hybridized carbons (Fsp3) is 0.440. The van der Waals surface area contributed by atoms with Crippen LogP contribution in [-0.2, 0) is 10.0 Å². The van der Waals surface area contributed by atoms with Gasteiger partial charge >= 0.3 is 0 Å². The Morgan fingerprint density at radius 3 is 2.41 bits per heavy atom. The minimum absolute atomic E-state index is 0.401. The molecule has 0 bridgehead atoms. The lowest BCUT2D eigenvalue weighted by Crippen LogP contribution is -2.44. The van der Waals surface area contributed by atoms with E-state index >= 15 is 0 Å². The number of unbranched alkanes of at least 4 members (excludes halogenated alkanes) is 1. The van der Waals surface area contributed by atoms with E-state index in [1.165, 1.54) is 0 Å². The first-order valence-corrected chi connectivity index (χ1v) is 13.7. The Labute approximate surface area is 196 Å². The predicted octanol–water partition coefficient (Wildman–Crippen LogP) is 5.22. The maximum absolute atomic E-state index is 13.3. The molecule has 0 N–H and O–H groups in total. The van der Waals surface area contributed by atoms with Gasteiger partial charge in [-0.25, -0.2) is 13.4 Å². The van der Waals surface area contributed by atoms with E-state index in [1.54, 1.807) is 22.1 Å². The average Bonchev–Trinajstić information content (AvgIpc) is 3.12. The van der Waals surface area contributed by atoms with Crippen molar-refractivity contribution in [1.82, 2.24) is 4.31 Å². The largest absolute Gasteiger partial charge is 0.252 e. The summed E-state index contributed by atoms with van der Waals surface area (Å²) < 4.78 is 28.2. The summed E-state index contributed by atoms with van der Waals surface area (Å²) in [7, 11) is -3.52. The predicted molar refractivity (Wildman–Crippen MR) is 134 cm³/mol. The third-order valence-electron chi connectivity index (χ3n) is 6.09. The van der Waals surface area contributed by atoms with Gasteiger partial charge in [0.15, 0.2) is 5.66 Å². The molecule has 1 fully saturated rings. The molecule has 2 heterocycles. The second kappa shape index (κ2) is 9.49. The molecule has 0 aliphatic carbocycles. The van der Waals surface area contributed by atoms with Crippen LogP contribution in [0.25, 0.3) is 0 Å². The maximum atomic E-state index is 13.3. The van der Waals surface area contributed by atoms with Crippen molar-refractivity contribution >= 4 is 32.5 Å². The van der Waals surface area contributed by atoms with Crippen LogP contribution in [0.3, 0.4) is 0 Å². The summed E-state index contributed by atoms with van der Waals surface area (Å²) >= 11 is 1.77. The van der Waals surface area contributed by atoms with Gasteiger partial charge in [0.1, 0.15) is 5.04 Å². The number of rotatable bonds is 6. The van der Waals surface area contributed by atoms with E-state index in [-0.39, 0.29) is 0 Å². The van der Waals surface area contributed by atoms with Crippen molar-refractivity contribution < 1.29 is 8.42 Å². The van der Waals surface area contributed by atoms with Gasteiger partial charge in [-0.3, -0.25) is 4.99 Å². The van der Waals surface area contributed by atoms with Crippen LogP contribution in [0.5, 0.6) is 0 Å². The number of sulfonamides is 1. The van der Waals surface area contributed by atoms with Gasteiger partial charge in [0.2, 0.25) is 10.0 Å². The highest BCUT2D eigenvalue weighted by molar-refractivity contribution is 8.15. The molecule has 0 unspecified atom stereocenters. The number of aryl methyl sites for hydroxylation is 2. The smallest absolute Gasteiger partial charge is 0.243 e.